The number of nitrogens with zero attached hydrogens (tertiary/aromatic N) is 1. The van der Waals surface area contributed by atoms with Gasteiger partial charge in [-0.2, -0.15) is 0 Å². The summed E-state index contributed by atoms with van der Waals surface area (Å²) in [5.41, 5.74) is 0. The highest BCUT2D eigenvalue weighted by atomic mass is 32.2. The van der Waals surface area contributed by atoms with Crippen molar-refractivity contribution in [1.82, 2.24) is 4.31 Å². The zero-order valence-corrected chi connectivity index (χ0v) is 7.63. The van der Waals surface area contributed by atoms with Gasteiger partial charge in [0, 0.05) is 6.42 Å². The van der Waals surface area contributed by atoms with E-state index < -0.39 is 15.9 Å². The maximum Gasteiger partial charge on any atom is 0.241 e. The van der Waals surface area contributed by atoms with Crippen molar-refractivity contribution in [1.29, 1.82) is 0 Å². The minimum absolute atomic E-state index is 0.0985. The Hall–Kier alpha value is -0.620. The van der Waals surface area contributed by atoms with Crippen molar-refractivity contribution in [3.63, 3.8) is 0 Å². The van der Waals surface area contributed by atoms with Gasteiger partial charge >= 0.3 is 0 Å². The molecule has 12 heavy (non-hydrogen) atoms. The van der Waals surface area contributed by atoms with Gasteiger partial charge in [0.15, 0.2) is 0 Å². The Bertz CT molecular complexity index is 271. The summed E-state index contributed by atoms with van der Waals surface area (Å²) in [6.45, 7) is 1.66. The van der Waals surface area contributed by atoms with Crippen LogP contribution >= 0.6 is 0 Å². The van der Waals surface area contributed by atoms with Gasteiger partial charge in [-0.25, -0.2) is 12.7 Å². The third kappa shape index (κ3) is 1.75. The van der Waals surface area contributed by atoms with E-state index in [0.29, 0.717) is 0 Å². The Morgan fingerprint density at radius 3 is 2.75 bits per heavy atom. The fourth-order valence-corrected chi connectivity index (χ4v) is 2.13. The first-order chi connectivity index (χ1) is 5.58. The van der Waals surface area contributed by atoms with Crippen LogP contribution < -0.4 is 0 Å². The number of carbonyl (C=O) groups excluding carboxylic acids is 1. The first-order valence-electron chi connectivity index (χ1n) is 3.69. The third-order valence-electron chi connectivity index (χ3n) is 1.61. The molecule has 0 aromatic heterocycles. The van der Waals surface area contributed by atoms with E-state index in [2.05, 4.69) is 0 Å². The summed E-state index contributed by atoms with van der Waals surface area (Å²) in [4.78, 5) is 11.0. The largest absolute Gasteiger partial charge is 0.359 e. The monoisotopic (exact) mass is 193 g/mol. The number of amides is 1. The van der Waals surface area contributed by atoms with Crippen LogP contribution in [-0.4, -0.2) is 37.7 Å². The summed E-state index contributed by atoms with van der Waals surface area (Å²) in [5, 5.41) is 0. The molecule has 0 spiro atoms. The average Bonchev–Trinajstić information content (AvgIpc) is 2.02. The van der Waals surface area contributed by atoms with Crippen LogP contribution in [0.3, 0.4) is 0 Å². The van der Waals surface area contributed by atoms with E-state index in [0.717, 1.165) is 4.31 Å². The van der Waals surface area contributed by atoms with Gasteiger partial charge in [-0.1, -0.05) is 6.92 Å². The topological polar surface area (TPSA) is 63.7 Å². The smallest absolute Gasteiger partial charge is 0.241 e. The molecule has 1 saturated heterocycles. The summed E-state index contributed by atoms with van der Waals surface area (Å²) in [6, 6.07) is 0. The first kappa shape index (κ1) is 9.47. The molecule has 0 N–H and O–H groups in total. The van der Waals surface area contributed by atoms with Crippen molar-refractivity contribution in [2.75, 3.05) is 19.1 Å². The Kier molecular flexibility index (Phi) is 2.69. The van der Waals surface area contributed by atoms with Crippen LogP contribution in [0.25, 0.3) is 0 Å². The van der Waals surface area contributed by atoms with Crippen molar-refractivity contribution in [2.24, 2.45) is 0 Å². The second kappa shape index (κ2) is 3.40. The minimum Gasteiger partial charge on any atom is -0.359 e. The molecule has 1 aliphatic rings. The van der Waals surface area contributed by atoms with Gasteiger partial charge in [-0.3, -0.25) is 4.79 Å². The third-order valence-corrected chi connectivity index (χ3v) is 3.27. The molecule has 0 bridgehead atoms. The highest BCUT2D eigenvalue weighted by molar-refractivity contribution is 7.89. The highest BCUT2D eigenvalue weighted by Gasteiger charge is 2.29. The molecule has 1 rings (SSSR count). The van der Waals surface area contributed by atoms with Crippen LogP contribution in [0, 0.1) is 0 Å². The van der Waals surface area contributed by atoms with Crippen molar-refractivity contribution in [2.45, 2.75) is 13.3 Å². The number of carbonyl (C=O) groups is 1. The van der Waals surface area contributed by atoms with Gasteiger partial charge < -0.3 is 4.74 Å². The van der Waals surface area contributed by atoms with Crippen LogP contribution in [0.15, 0.2) is 0 Å². The molecule has 0 unspecified atom stereocenters. The molecule has 0 aliphatic carbocycles. The summed E-state index contributed by atoms with van der Waals surface area (Å²) in [7, 11) is -3.38. The van der Waals surface area contributed by atoms with Crippen molar-refractivity contribution in [3.8, 4) is 0 Å². The van der Waals surface area contributed by atoms with Gasteiger partial charge in [-0.05, 0) is 0 Å². The van der Waals surface area contributed by atoms with E-state index in [1.54, 1.807) is 6.92 Å². The summed E-state index contributed by atoms with van der Waals surface area (Å²) < 4.78 is 28.1. The van der Waals surface area contributed by atoms with Gasteiger partial charge in [0.25, 0.3) is 0 Å². The fourth-order valence-electron chi connectivity index (χ4n) is 0.906. The standard InChI is InChI=1S/C6H11NO4S/c1-2-6(8)7-5-11-3-4-12(7,9)10/h2-5H2,1H3. The number of ether oxygens (including phenoxy) is 1. The molecule has 1 fully saturated rings. The van der Waals surface area contributed by atoms with Gasteiger partial charge in [0.05, 0.1) is 12.4 Å². The fraction of sp³-hybridized carbons (Fsp3) is 0.833. The predicted molar refractivity (Wildman–Crippen MR) is 41.7 cm³/mol. The lowest BCUT2D eigenvalue weighted by molar-refractivity contribution is -0.130. The van der Waals surface area contributed by atoms with Crippen LogP contribution in [0.5, 0.6) is 0 Å². The van der Waals surface area contributed by atoms with Crippen LogP contribution in [-0.2, 0) is 19.6 Å². The van der Waals surface area contributed by atoms with Crippen molar-refractivity contribution in [3.05, 3.63) is 0 Å². The summed E-state index contributed by atoms with van der Waals surface area (Å²) in [6.07, 6.45) is 0.183. The van der Waals surface area contributed by atoms with E-state index in [4.69, 9.17) is 4.74 Å². The second-order valence-electron chi connectivity index (χ2n) is 2.45. The molecule has 5 nitrogen and oxygen atoms in total. The van der Waals surface area contributed by atoms with Crippen molar-refractivity contribution < 1.29 is 17.9 Å². The Morgan fingerprint density at radius 1 is 1.58 bits per heavy atom. The lowest BCUT2D eigenvalue weighted by Gasteiger charge is -2.25. The molecular formula is C6H11NO4S. The van der Waals surface area contributed by atoms with Crippen molar-refractivity contribution >= 4 is 15.9 Å². The lowest BCUT2D eigenvalue weighted by atomic mass is 10.5. The number of hydrogen-bond donors (Lipinski definition) is 0. The summed E-state index contributed by atoms with van der Waals surface area (Å²) in [5.74, 6) is -0.506. The van der Waals surface area contributed by atoms with Gasteiger partial charge in [-0.15, -0.1) is 0 Å². The minimum atomic E-state index is -3.38. The molecule has 0 radical (unpaired) electrons. The van der Waals surface area contributed by atoms with Gasteiger partial charge in [0.1, 0.15) is 6.73 Å². The normalized spacial score (nSPS) is 22.2. The zero-order chi connectivity index (χ0) is 9.19. The van der Waals surface area contributed by atoms with E-state index in [9.17, 15) is 13.2 Å². The summed E-state index contributed by atoms with van der Waals surface area (Å²) >= 11 is 0. The Balaban J connectivity index is 2.80. The number of rotatable bonds is 1. The molecule has 1 amide bonds. The van der Waals surface area contributed by atoms with E-state index in [1.165, 1.54) is 0 Å². The molecular weight excluding hydrogens is 182 g/mol. The second-order valence-corrected chi connectivity index (χ2v) is 4.46. The molecule has 0 aromatic rings. The van der Waals surface area contributed by atoms with E-state index in [-0.39, 0.29) is 25.5 Å². The molecule has 1 aliphatic heterocycles. The molecule has 0 atom stereocenters. The molecule has 70 valence electrons. The highest BCUT2D eigenvalue weighted by Crippen LogP contribution is 2.09. The zero-order valence-electron chi connectivity index (χ0n) is 6.82. The first-order valence-corrected chi connectivity index (χ1v) is 5.30. The van der Waals surface area contributed by atoms with Crippen LogP contribution in [0.1, 0.15) is 13.3 Å². The van der Waals surface area contributed by atoms with E-state index in [1.807, 2.05) is 0 Å². The predicted octanol–water partition coefficient (Wildman–Crippen LogP) is -0.457. The van der Waals surface area contributed by atoms with E-state index >= 15 is 0 Å². The Morgan fingerprint density at radius 2 is 2.25 bits per heavy atom. The quantitative estimate of drug-likeness (QED) is 0.565. The Labute approximate surface area is 71.4 Å². The average molecular weight is 193 g/mol. The number of sulfonamides is 1. The van der Waals surface area contributed by atoms with Crippen LogP contribution in [0.4, 0.5) is 0 Å². The maximum absolute atomic E-state index is 11.2. The molecule has 1 heterocycles. The number of hydrogen-bond acceptors (Lipinski definition) is 4. The maximum atomic E-state index is 11.2. The van der Waals surface area contributed by atoms with Crippen LogP contribution in [0.2, 0.25) is 0 Å². The molecule has 6 heteroatoms. The lowest BCUT2D eigenvalue weighted by Crippen LogP contribution is -2.44. The SMILES string of the molecule is CCC(=O)N1COCCS1(=O)=O. The molecule has 0 saturated carbocycles. The van der Waals surface area contributed by atoms with Gasteiger partial charge in [0.2, 0.25) is 15.9 Å². The molecule has 0 aromatic carbocycles.